The summed E-state index contributed by atoms with van der Waals surface area (Å²) in [7, 11) is 0. The number of phenols is 1. The third kappa shape index (κ3) is 13.9. The second kappa shape index (κ2) is 22.8. The number of benzene rings is 2. The van der Waals surface area contributed by atoms with Crippen LogP contribution in [0, 0.1) is 50.4 Å². The van der Waals surface area contributed by atoms with Crippen LogP contribution in [-0.4, -0.2) is 84.6 Å². The van der Waals surface area contributed by atoms with Gasteiger partial charge < -0.3 is 55.1 Å². The van der Waals surface area contributed by atoms with E-state index in [1.54, 1.807) is 44.2 Å². The Labute approximate surface area is 374 Å². The van der Waals surface area contributed by atoms with Gasteiger partial charge in [0.15, 0.2) is 18.4 Å². The van der Waals surface area contributed by atoms with E-state index < -0.39 is 48.7 Å². The van der Waals surface area contributed by atoms with E-state index in [4.69, 9.17) is 18.9 Å². The van der Waals surface area contributed by atoms with Gasteiger partial charge in [0.05, 0.1) is 36.1 Å². The van der Waals surface area contributed by atoms with Crippen LogP contribution in [0.4, 0.5) is 0 Å². The van der Waals surface area contributed by atoms with Crippen LogP contribution in [0.5, 0.6) is 5.75 Å². The van der Waals surface area contributed by atoms with E-state index in [0.717, 1.165) is 27.8 Å². The monoisotopic (exact) mass is 832 g/mol. The van der Waals surface area contributed by atoms with Crippen LogP contribution in [0.3, 0.4) is 0 Å². The molecule has 10 unspecified atom stereocenters. The Kier molecular flexibility index (Phi) is 20.4. The number of hydrogen-bond acceptors (Lipinski definition) is 11. The fraction of sp³-hybridized carbons (Fsp3) is 0.574. The van der Waals surface area contributed by atoms with Gasteiger partial charge in [0.2, 0.25) is 0 Å². The molecule has 12 heteroatoms. The van der Waals surface area contributed by atoms with Gasteiger partial charge in [-0.15, -0.1) is 0 Å². The molecule has 3 heterocycles. The minimum Gasteiger partial charge on any atom is -0.870 e. The summed E-state index contributed by atoms with van der Waals surface area (Å²) in [5.74, 6) is -0.835. The molecule has 3 aliphatic rings. The Bertz CT molecular complexity index is 1770. The molecule has 0 amide bonds. The Morgan fingerprint density at radius 3 is 1.49 bits per heavy atom. The van der Waals surface area contributed by atoms with Crippen molar-refractivity contribution in [3.8, 4) is 5.75 Å². The number of aliphatic hydroxyl groups excluding tert-OH is 5. The van der Waals surface area contributed by atoms with E-state index in [0.29, 0.717) is 5.56 Å². The molecular weight excluding hydrogens is 763 g/mol. The molecule has 0 saturated carbocycles. The summed E-state index contributed by atoms with van der Waals surface area (Å²) < 4.78 is 24.4. The molecule has 11 nitrogen and oxygen atoms in total. The van der Waals surface area contributed by atoms with Crippen LogP contribution in [0.25, 0.3) is 12.2 Å². The van der Waals surface area contributed by atoms with Crippen LogP contribution in [0.15, 0.2) is 60.7 Å². The van der Waals surface area contributed by atoms with Gasteiger partial charge in [0.1, 0.15) is 18.0 Å². The van der Waals surface area contributed by atoms with Gasteiger partial charge in [-0.25, -0.2) is 0 Å². The maximum atomic E-state index is 10.9. The quantitative estimate of drug-likeness (QED) is 0.161. The van der Waals surface area contributed by atoms with Gasteiger partial charge >= 0.3 is 29.6 Å². The zero-order valence-electron chi connectivity index (χ0n) is 37.3. The SMILES string of the molecule is Cc1cc(C)c2c(c1)/C=C/C(C)C1OC(C)(C)OC1C(C)/C=C\[C@@H](C)[C@H](C)OC2O.Cc1cc(O)c2c(c1)/C=C/C(C)C(O)C(O)C(O)/C=C\[C@@H](C)[C@H](C)OC2O.[Na+].[OH-]. The number of phenolic OH excluding ortho intramolecular Hbond substituents is 1. The molecule has 1 saturated heterocycles. The molecule has 0 aromatic heterocycles. The molecule has 2 aromatic carbocycles. The minimum absolute atomic E-state index is 0. The standard InChI is InChI=1S/C26H38O4.C21H30O6.Na.H2O/c1-15-13-19(5)22-21(14-15)12-11-18(4)24-23(29-26(7,8)30-24)17(3)10-9-16(2)20(6)28-25(22)27;1-11-9-15-7-5-13(3)19(24)20(25)16(22)8-6-12(2)14(4)27-21(26)18(15)17(23)10-11;;/h9-14,16-18,20,23-25,27H,1-8H3;5-10,12-14,16,19-26H,1-4H3;;1H2/q;;+1;/p-1/b10-9-,12-11+;7-5+,8-6-;;/t16-,17?,18?,20+,23?,24?,25?;12-,13?,14+,16?,19?,20?,21?;;/m11../s1. The van der Waals surface area contributed by atoms with Crippen molar-refractivity contribution in [1.82, 2.24) is 0 Å². The summed E-state index contributed by atoms with van der Waals surface area (Å²) in [6.07, 6.45) is 8.37. The summed E-state index contributed by atoms with van der Waals surface area (Å²) in [5, 5.41) is 62.5. The number of ether oxygens (including phenoxy) is 4. The second-order valence-corrected chi connectivity index (χ2v) is 17.1. The molecule has 14 atom stereocenters. The van der Waals surface area contributed by atoms with Crippen molar-refractivity contribution >= 4 is 12.2 Å². The second-order valence-electron chi connectivity index (χ2n) is 17.1. The molecule has 7 N–H and O–H groups in total. The number of aliphatic hydroxyl groups is 5. The first-order valence-electron chi connectivity index (χ1n) is 20.3. The molecule has 59 heavy (non-hydrogen) atoms. The number of fused-ring (bicyclic) bond motifs is 3. The normalized spacial score (nSPS) is 37.1. The van der Waals surface area contributed by atoms with E-state index in [1.165, 1.54) is 6.08 Å². The Morgan fingerprint density at radius 2 is 0.949 bits per heavy atom. The van der Waals surface area contributed by atoms with Gasteiger partial charge in [-0.1, -0.05) is 107 Å². The summed E-state index contributed by atoms with van der Waals surface area (Å²) in [4.78, 5) is 0. The van der Waals surface area contributed by atoms with E-state index in [-0.39, 0.29) is 88.3 Å². The summed E-state index contributed by atoms with van der Waals surface area (Å²) >= 11 is 0. The fourth-order valence-corrected chi connectivity index (χ4v) is 7.54. The Balaban J connectivity index is 0.000000396. The minimum atomic E-state index is -1.34. The van der Waals surface area contributed by atoms with Gasteiger partial charge in [-0.3, -0.25) is 0 Å². The topological polar surface area (TPSA) is 188 Å². The van der Waals surface area contributed by atoms with E-state index in [1.807, 2.05) is 41.5 Å². The molecule has 0 bridgehead atoms. The van der Waals surface area contributed by atoms with Crippen molar-refractivity contribution in [3.05, 3.63) is 99.7 Å². The van der Waals surface area contributed by atoms with Crippen molar-refractivity contribution in [1.29, 1.82) is 0 Å². The molecule has 324 valence electrons. The average Bonchev–Trinajstić information content (AvgIpc) is 3.47. The molecule has 0 radical (unpaired) electrons. The largest absolute Gasteiger partial charge is 1.00 e. The molecule has 0 aliphatic carbocycles. The predicted molar refractivity (Wildman–Crippen MR) is 226 cm³/mol. The maximum Gasteiger partial charge on any atom is 1.00 e. The maximum absolute atomic E-state index is 10.9. The van der Waals surface area contributed by atoms with E-state index in [2.05, 4.69) is 64.1 Å². The van der Waals surface area contributed by atoms with Gasteiger partial charge in [0.25, 0.3) is 0 Å². The summed E-state index contributed by atoms with van der Waals surface area (Å²) in [6.45, 7) is 23.7. The molecule has 0 spiro atoms. The van der Waals surface area contributed by atoms with Gasteiger partial charge in [-0.05, 0) is 76.8 Å². The third-order valence-electron chi connectivity index (χ3n) is 11.5. The first-order valence-corrected chi connectivity index (χ1v) is 20.3. The van der Waals surface area contributed by atoms with Crippen molar-refractivity contribution in [2.75, 3.05) is 0 Å². The number of hydrogen-bond donors (Lipinski definition) is 6. The van der Waals surface area contributed by atoms with Crippen LogP contribution in [0.2, 0.25) is 0 Å². The average molecular weight is 833 g/mol. The van der Waals surface area contributed by atoms with Crippen molar-refractivity contribution in [2.45, 2.75) is 144 Å². The predicted octanol–water partition coefficient (Wildman–Crippen LogP) is 4.57. The third-order valence-corrected chi connectivity index (χ3v) is 11.5. The Hall–Kier alpha value is -2.20. The van der Waals surface area contributed by atoms with E-state index >= 15 is 0 Å². The smallest absolute Gasteiger partial charge is 0.870 e. The van der Waals surface area contributed by atoms with E-state index in [9.17, 15) is 30.6 Å². The Morgan fingerprint density at radius 1 is 0.525 bits per heavy atom. The molecule has 5 rings (SSSR count). The van der Waals surface area contributed by atoms with Crippen LogP contribution < -0.4 is 29.6 Å². The molecule has 2 aromatic rings. The summed E-state index contributed by atoms with van der Waals surface area (Å²) in [5.41, 5.74) is 5.62. The zero-order chi connectivity index (χ0) is 42.5. The first-order chi connectivity index (χ1) is 26.6. The van der Waals surface area contributed by atoms with Crippen molar-refractivity contribution < 1.29 is 84.6 Å². The zero-order valence-corrected chi connectivity index (χ0v) is 39.3. The molecule has 3 aliphatic heterocycles. The number of rotatable bonds is 0. The van der Waals surface area contributed by atoms with Crippen LogP contribution in [0.1, 0.15) is 114 Å². The molecule has 1 fully saturated rings. The van der Waals surface area contributed by atoms with Crippen LogP contribution >= 0.6 is 0 Å². The number of aromatic hydroxyl groups is 1. The fourth-order valence-electron chi connectivity index (χ4n) is 7.54. The van der Waals surface area contributed by atoms with Crippen LogP contribution in [-0.2, 0) is 18.9 Å². The van der Waals surface area contributed by atoms with Crippen molar-refractivity contribution in [3.63, 3.8) is 0 Å². The molecular formula is C47H69NaO11. The number of aryl methyl sites for hydroxylation is 3. The van der Waals surface area contributed by atoms with Gasteiger partial charge in [-0.2, -0.15) is 0 Å². The first kappa shape index (κ1) is 52.9. The summed E-state index contributed by atoms with van der Waals surface area (Å²) in [6, 6.07) is 7.54. The van der Waals surface area contributed by atoms with Crippen molar-refractivity contribution in [2.24, 2.45) is 29.6 Å². The van der Waals surface area contributed by atoms with Gasteiger partial charge in [0, 0.05) is 35.2 Å².